The van der Waals surface area contributed by atoms with Gasteiger partial charge in [0.25, 0.3) is 5.91 Å². The number of rotatable bonds is 6. The van der Waals surface area contributed by atoms with E-state index in [1.54, 1.807) is 0 Å². The predicted molar refractivity (Wildman–Crippen MR) is 121 cm³/mol. The lowest BCUT2D eigenvalue weighted by Crippen LogP contribution is -2.49. The molecule has 1 amide bonds. The maximum atomic E-state index is 13.5. The number of piperazine rings is 1. The smallest absolute Gasteiger partial charge is 0.257 e. The molecule has 0 atom stereocenters. The Morgan fingerprint density at radius 1 is 1.10 bits per heavy atom. The molecule has 0 aliphatic carbocycles. The summed E-state index contributed by atoms with van der Waals surface area (Å²) in [6.07, 6.45) is 0. The summed E-state index contributed by atoms with van der Waals surface area (Å²) >= 11 is 0. The summed E-state index contributed by atoms with van der Waals surface area (Å²) in [4.78, 5) is 17.9. The van der Waals surface area contributed by atoms with Crippen molar-refractivity contribution in [3.8, 4) is 5.75 Å². The van der Waals surface area contributed by atoms with Crippen molar-refractivity contribution in [2.75, 3.05) is 32.7 Å². The molecule has 1 saturated heterocycles. The Hall–Kier alpha value is -2.86. The van der Waals surface area contributed by atoms with E-state index < -0.39 is 0 Å². The van der Waals surface area contributed by atoms with Gasteiger partial charge in [0, 0.05) is 32.7 Å². The fourth-order valence-electron chi connectivity index (χ4n) is 4.18. The molecule has 164 valence electrons. The van der Waals surface area contributed by atoms with Gasteiger partial charge in [-0.05, 0) is 42.7 Å². The third kappa shape index (κ3) is 4.74. The summed E-state index contributed by atoms with van der Waals surface area (Å²) in [5.41, 5.74) is 2.35. The summed E-state index contributed by atoms with van der Waals surface area (Å²) < 4.78 is 11.4. The van der Waals surface area contributed by atoms with Crippen LogP contribution in [0.5, 0.6) is 5.75 Å². The topological polar surface area (TPSA) is 58.8 Å². The summed E-state index contributed by atoms with van der Waals surface area (Å²) in [7, 11) is 0. The van der Waals surface area contributed by atoms with E-state index in [2.05, 4.69) is 23.9 Å². The Morgan fingerprint density at radius 2 is 1.77 bits per heavy atom. The van der Waals surface area contributed by atoms with E-state index in [0.29, 0.717) is 23.8 Å². The molecule has 6 nitrogen and oxygen atoms in total. The van der Waals surface area contributed by atoms with Crippen LogP contribution in [0.3, 0.4) is 0 Å². The molecule has 1 aliphatic heterocycles. The Balaban J connectivity index is 1.58. The average molecular weight is 422 g/mol. The lowest BCUT2D eigenvalue weighted by molar-refractivity contribution is 0.0619. The number of hydrogen-bond acceptors (Lipinski definition) is 5. The lowest BCUT2D eigenvalue weighted by atomic mass is 10.0. The molecule has 0 saturated carbocycles. The van der Waals surface area contributed by atoms with Gasteiger partial charge in [0.05, 0.1) is 16.8 Å². The van der Waals surface area contributed by atoms with E-state index in [-0.39, 0.29) is 5.91 Å². The highest BCUT2D eigenvalue weighted by atomic mass is 16.5. The number of fused-ring (bicyclic) bond motifs is 1. The van der Waals surface area contributed by atoms with Crippen LogP contribution in [0.4, 0.5) is 0 Å². The zero-order valence-corrected chi connectivity index (χ0v) is 18.9. The van der Waals surface area contributed by atoms with Gasteiger partial charge in [0.1, 0.15) is 18.1 Å². The van der Waals surface area contributed by atoms with Crippen molar-refractivity contribution in [2.45, 2.75) is 34.3 Å². The van der Waals surface area contributed by atoms with Crippen molar-refractivity contribution >= 4 is 16.7 Å². The number of aromatic nitrogens is 1. The molecule has 2 heterocycles. The molecular formula is C25H31N3O3. The van der Waals surface area contributed by atoms with Gasteiger partial charge < -0.3 is 14.2 Å². The van der Waals surface area contributed by atoms with Crippen LogP contribution in [0.15, 0.2) is 40.9 Å². The number of ether oxygens (including phenoxy) is 1. The van der Waals surface area contributed by atoms with Gasteiger partial charge in [-0.3, -0.25) is 9.69 Å². The minimum absolute atomic E-state index is 0.0312. The fraction of sp³-hybridized carbons (Fsp3) is 0.440. The van der Waals surface area contributed by atoms with E-state index in [1.165, 1.54) is 0 Å². The Bertz CT molecular complexity index is 1050. The van der Waals surface area contributed by atoms with Crippen molar-refractivity contribution < 1.29 is 14.1 Å². The van der Waals surface area contributed by atoms with E-state index in [4.69, 9.17) is 9.26 Å². The van der Waals surface area contributed by atoms with Crippen LogP contribution in [0.25, 0.3) is 10.8 Å². The number of benzene rings is 2. The Kier molecular flexibility index (Phi) is 6.28. The maximum absolute atomic E-state index is 13.5. The van der Waals surface area contributed by atoms with Gasteiger partial charge in [-0.2, -0.15) is 0 Å². The molecule has 0 unspecified atom stereocenters. The highest BCUT2D eigenvalue weighted by Gasteiger charge is 2.25. The number of nitrogens with zero attached hydrogens (tertiary/aromatic N) is 3. The largest absolute Gasteiger partial charge is 0.488 e. The van der Waals surface area contributed by atoms with Crippen molar-refractivity contribution in [1.29, 1.82) is 0 Å². The molecule has 6 heteroatoms. The first kappa shape index (κ1) is 21.4. The van der Waals surface area contributed by atoms with Crippen molar-refractivity contribution in [2.24, 2.45) is 5.92 Å². The first-order valence-electron chi connectivity index (χ1n) is 11.0. The van der Waals surface area contributed by atoms with Crippen LogP contribution >= 0.6 is 0 Å². The van der Waals surface area contributed by atoms with Gasteiger partial charge in [0.2, 0.25) is 0 Å². The quantitative estimate of drug-likeness (QED) is 0.589. The van der Waals surface area contributed by atoms with Gasteiger partial charge in [-0.25, -0.2) is 0 Å². The second kappa shape index (κ2) is 9.10. The highest BCUT2D eigenvalue weighted by molar-refractivity contribution is 6.01. The van der Waals surface area contributed by atoms with Crippen LogP contribution in [-0.4, -0.2) is 53.6 Å². The van der Waals surface area contributed by atoms with Crippen molar-refractivity contribution in [3.63, 3.8) is 0 Å². The second-order valence-electron chi connectivity index (χ2n) is 8.77. The molecule has 0 spiro atoms. The van der Waals surface area contributed by atoms with Crippen molar-refractivity contribution in [1.82, 2.24) is 15.0 Å². The molecule has 1 aliphatic rings. The number of amides is 1. The minimum atomic E-state index is 0.0312. The number of carbonyl (C=O) groups excluding carboxylic acids is 1. The number of hydrogen-bond donors (Lipinski definition) is 0. The summed E-state index contributed by atoms with van der Waals surface area (Å²) in [5, 5.41) is 6.09. The average Bonchev–Trinajstić information content (AvgIpc) is 3.08. The van der Waals surface area contributed by atoms with Crippen LogP contribution in [0.2, 0.25) is 0 Å². The van der Waals surface area contributed by atoms with E-state index >= 15 is 0 Å². The normalized spacial score (nSPS) is 15.1. The van der Waals surface area contributed by atoms with Gasteiger partial charge in [0.15, 0.2) is 0 Å². The zero-order chi connectivity index (χ0) is 22.0. The maximum Gasteiger partial charge on any atom is 0.257 e. The molecule has 31 heavy (non-hydrogen) atoms. The molecule has 0 radical (unpaired) electrons. The van der Waals surface area contributed by atoms with E-state index in [9.17, 15) is 4.79 Å². The standard InChI is InChI=1S/C25H31N3O3/c1-17(2)15-27-9-11-28(12-10-27)25(29)22-13-20-7-5-6-8-21(20)14-24(22)30-16-23-18(3)26-31-19(23)4/h5-8,13-14,17H,9-12,15-16H2,1-4H3. The molecule has 0 N–H and O–H groups in total. The highest BCUT2D eigenvalue weighted by Crippen LogP contribution is 2.29. The molecule has 0 bridgehead atoms. The lowest BCUT2D eigenvalue weighted by Gasteiger charge is -2.35. The van der Waals surface area contributed by atoms with Crippen LogP contribution < -0.4 is 4.74 Å². The molecule has 1 fully saturated rings. The third-order valence-electron chi connectivity index (χ3n) is 5.91. The summed E-state index contributed by atoms with van der Waals surface area (Å²) in [5.74, 6) is 2.01. The first-order chi connectivity index (χ1) is 14.9. The minimum Gasteiger partial charge on any atom is -0.488 e. The SMILES string of the molecule is Cc1noc(C)c1COc1cc2ccccc2cc1C(=O)N1CCN(CC(C)C)CC1. The fourth-order valence-corrected chi connectivity index (χ4v) is 4.18. The molecule has 4 rings (SSSR count). The van der Waals surface area contributed by atoms with Gasteiger partial charge in [-0.1, -0.05) is 43.3 Å². The van der Waals surface area contributed by atoms with Crippen LogP contribution in [-0.2, 0) is 6.61 Å². The van der Waals surface area contributed by atoms with E-state index in [0.717, 1.165) is 60.5 Å². The van der Waals surface area contributed by atoms with Crippen molar-refractivity contribution in [3.05, 3.63) is 59.0 Å². The van der Waals surface area contributed by atoms with Gasteiger partial charge >= 0.3 is 0 Å². The Labute approximate surface area is 183 Å². The summed E-state index contributed by atoms with van der Waals surface area (Å²) in [6, 6.07) is 12.0. The molecule has 3 aromatic rings. The Morgan fingerprint density at radius 3 is 2.39 bits per heavy atom. The predicted octanol–water partition coefficient (Wildman–Crippen LogP) is 4.44. The van der Waals surface area contributed by atoms with Gasteiger partial charge in [-0.15, -0.1) is 0 Å². The molecular weight excluding hydrogens is 390 g/mol. The van der Waals surface area contributed by atoms with Crippen LogP contribution in [0.1, 0.15) is 41.2 Å². The number of carbonyl (C=O) groups is 1. The molecule has 2 aromatic carbocycles. The third-order valence-corrected chi connectivity index (χ3v) is 5.91. The molecule has 1 aromatic heterocycles. The summed E-state index contributed by atoms with van der Waals surface area (Å²) in [6.45, 7) is 12.9. The zero-order valence-electron chi connectivity index (χ0n) is 18.9. The first-order valence-corrected chi connectivity index (χ1v) is 11.0. The second-order valence-corrected chi connectivity index (χ2v) is 8.77. The van der Waals surface area contributed by atoms with E-state index in [1.807, 2.05) is 55.1 Å². The number of aryl methyl sites for hydroxylation is 2. The van der Waals surface area contributed by atoms with Crippen LogP contribution in [0, 0.1) is 19.8 Å². The monoisotopic (exact) mass is 421 g/mol.